The third-order valence-electron chi connectivity index (χ3n) is 10.6. The second kappa shape index (κ2) is 20.2. The fraction of sp³-hybridized carbons (Fsp3) is 0.535. The molecule has 2 bridgehead atoms. The number of nitrogens with one attached hydrogen (secondary N) is 1. The summed E-state index contributed by atoms with van der Waals surface area (Å²) in [5, 5.41) is 15.4. The van der Waals surface area contributed by atoms with Crippen LogP contribution in [0.1, 0.15) is 97.0 Å². The first-order chi connectivity index (χ1) is 26.8. The number of Topliss-reactive ketones (excluding diaryl/α,β-unsaturated/α-hetero) is 1. The number of hydrogen-bond acceptors (Lipinski definition) is 10. The Morgan fingerprint density at radius 2 is 1.69 bits per heavy atom. The fourth-order valence-electron chi connectivity index (χ4n) is 8.06. The van der Waals surface area contributed by atoms with E-state index in [1.54, 1.807) is 19.4 Å². The molecule has 2 N–H and O–H groups in total. The molecule has 12 heteroatoms. The SMILES string of the molecule is C#Cc1c(F)ccc2cc(O)cc(-c3ncc4c(N5CC6CCC(C5)N6)nc(OC5CCN(CCCCCCCCCC(C)=O)C5)nc4c3F)c12.CC.CS. The van der Waals surface area contributed by atoms with Crippen LogP contribution in [-0.4, -0.2) is 87.9 Å². The average Bonchev–Trinajstić information content (AvgIpc) is 3.79. The summed E-state index contributed by atoms with van der Waals surface area (Å²) in [5.41, 5.74) is 0.111. The van der Waals surface area contributed by atoms with E-state index in [0.29, 0.717) is 40.5 Å². The molecule has 2 aromatic heterocycles. The van der Waals surface area contributed by atoms with Gasteiger partial charge in [0.15, 0.2) is 5.82 Å². The van der Waals surface area contributed by atoms with Crippen LogP contribution in [0.15, 0.2) is 30.5 Å². The summed E-state index contributed by atoms with van der Waals surface area (Å²) in [6.45, 7) is 9.77. The number of benzene rings is 2. The van der Waals surface area contributed by atoms with Gasteiger partial charge in [-0.15, -0.1) is 6.42 Å². The van der Waals surface area contributed by atoms with Crippen LogP contribution < -0.4 is 15.0 Å². The van der Waals surface area contributed by atoms with Crippen molar-refractivity contribution in [2.24, 2.45) is 0 Å². The van der Waals surface area contributed by atoms with Gasteiger partial charge in [0.25, 0.3) is 0 Å². The highest BCUT2D eigenvalue weighted by Crippen LogP contribution is 2.39. The number of aromatic nitrogens is 3. The van der Waals surface area contributed by atoms with E-state index in [9.17, 15) is 14.3 Å². The maximum Gasteiger partial charge on any atom is 0.319 e. The smallest absolute Gasteiger partial charge is 0.319 e. The molecule has 3 atom stereocenters. The van der Waals surface area contributed by atoms with Gasteiger partial charge < -0.3 is 24.9 Å². The number of ketones is 1. The number of thiol groups is 1. The maximum atomic E-state index is 16.9. The lowest BCUT2D eigenvalue weighted by molar-refractivity contribution is -0.117. The lowest BCUT2D eigenvalue weighted by atomic mass is 9.96. The Morgan fingerprint density at radius 1 is 1.00 bits per heavy atom. The molecule has 0 aliphatic carbocycles. The molecular weight excluding hydrogens is 719 g/mol. The topological polar surface area (TPSA) is 104 Å². The molecule has 0 amide bonds. The highest BCUT2D eigenvalue weighted by atomic mass is 32.1. The number of carbonyl (C=O) groups excluding carboxylic acids is 1. The van der Waals surface area contributed by atoms with Crippen LogP contribution in [0.3, 0.4) is 0 Å². The number of ether oxygens (including phenoxy) is 1. The van der Waals surface area contributed by atoms with Crippen molar-refractivity contribution in [1.29, 1.82) is 0 Å². The van der Waals surface area contributed by atoms with Crippen LogP contribution in [0.25, 0.3) is 32.9 Å². The van der Waals surface area contributed by atoms with Crippen molar-refractivity contribution in [3.63, 3.8) is 0 Å². The first-order valence-corrected chi connectivity index (χ1v) is 20.8. The number of phenolic OH excluding ortho intramolecular Hbond substituents is 1. The summed E-state index contributed by atoms with van der Waals surface area (Å²) in [6, 6.07) is 6.32. The van der Waals surface area contributed by atoms with E-state index in [1.165, 1.54) is 49.9 Å². The number of anilines is 1. The number of fused-ring (bicyclic) bond motifs is 4. The van der Waals surface area contributed by atoms with Gasteiger partial charge in [0.2, 0.25) is 0 Å². The number of terminal acetylenes is 1. The molecule has 3 fully saturated rings. The highest BCUT2D eigenvalue weighted by Gasteiger charge is 2.35. The first kappa shape index (κ1) is 42.1. The molecule has 7 rings (SSSR count). The number of carbonyl (C=O) groups is 1. The monoisotopic (exact) mass is 774 g/mol. The molecule has 0 radical (unpaired) electrons. The lowest BCUT2D eigenvalue weighted by Gasteiger charge is -2.34. The zero-order valence-corrected chi connectivity index (χ0v) is 33.6. The Hall–Kier alpha value is -4.05. The predicted molar refractivity (Wildman–Crippen MR) is 221 cm³/mol. The lowest BCUT2D eigenvalue weighted by Crippen LogP contribution is -2.51. The van der Waals surface area contributed by atoms with Crippen LogP contribution in [-0.2, 0) is 4.79 Å². The number of unbranched alkanes of at least 4 members (excludes halogenated alkanes) is 6. The van der Waals surface area contributed by atoms with Gasteiger partial charge in [-0.05, 0) is 75.4 Å². The number of hydrogen-bond donors (Lipinski definition) is 3. The second-order valence-electron chi connectivity index (χ2n) is 14.5. The molecule has 3 aliphatic rings. The van der Waals surface area contributed by atoms with Gasteiger partial charge in [0.05, 0.1) is 10.9 Å². The quantitative estimate of drug-likeness (QED) is 0.0662. The van der Waals surface area contributed by atoms with Gasteiger partial charge in [-0.2, -0.15) is 22.6 Å². The average molecular weight is 775 g/mol. The van der Waals surface area contributed by atoms with Gasteiger partial charge in [0, 0.05) is 61.8 Å². The molecule has 4 aromatic rings. The third-order valence-corrected chi connectivity index (χ3v) is 10.6. The van der Waals surface area contributed by atoms with Crippen LogP contribution in [0.4, 0.5) is 14.6 Å². The normalized spacial score (nSPS) is 19.1. The molecule has 55 heavy (non-hydrogen) atoms. The summed E-state index contributed by atoms with van der Waals surface area (Å²) in [4.78, 5) is 29.8. The Labute approximate surface area is 330 Å². The number of rotatable bonds is 14. The second-order valence-corrected chi connectivity index (χ2v) is 14.5. The molecule has 9 nitrogen and oxygen atoms in total. The zero-order chi connectivity index (χ0) is 39.5. The Morgan fingerprint density at radius 3 is 2.38 bits per heavy atom. The number of nitrogens with zero attached hydrogens (tertiary/aromatic N) is 5. The Bertz CT molecular complexity index is 1960. The Kier molecular flexibility index (Phi) is 15.5. The van der Waals surface area contributed by atoms with Crippen LogP contribution in [0.2, 0.25) is 0 Å². The molecule has 3 unspecified atom stereocenters. The predicted octanol–water partition coefficient (Wildman–Crippen LogP) is 8.49. The van der Waals surface area contributed by atoms with Crippen molar-refractivity contribution in [3.05, 3.63) is 47.7 Å². The molecule has 296 valence electrons. The number of pyridine rings is 1. The molecule has 5 heterocycles. The van der Waals surface area contributed by atoms with Crippen molar-refractivity contribution < 1.29 is 23.4 Å². The largest absolute Gasteiger partial charge is 0.508 e. The molecule has 3 saturated heterocycles. The van der Waals surface area contributed by atoms with Crippen molar-refractivity contribution in [2.45, 2.75) is 110 Å². The number of aromatic hydroxyl groups is 1. The summed E-state index contributed by atoms with van der Waals surface area (Å²) in [6.07, 6.45) is 20.5. The van der Waals surface area contributed by atoms with Crippen LogP contribution >= 0.6 is 12.6 Å². The number of halogens is 2. The molecule has 2 aromatic carbocycles. The summed E-state index contributed by atoms with van der Waals surface area (Å²) < 4.78 is 38.1. The van der Waals surface area contributed by atoms with Gasteiger partial charge in [0.1, 0.15) is 40.5 Å². The van der Waals surface area contributed by atoms with E-state index < -0.39 is 11.6 Å². The molecule has 0 saturated carbocycles. The summed E-state index contributed by atoms with van der Waals surface area (Å²) in [7, 11) is 0. The summed E-state index contributed by atoms with van der Waals surface area (Å²) in [5.74, 6) is 1.80. The van der Waals surface area contributed by atoms with Gasteiger partial charge in [-0.1, -0.05) is 57.9 Å². The van der Waals surface area contributed by atoms with Gasteiger partial charge in [-0.3, -0.25) is 9.88 Å². The van der Waals surface area contributed by atoms with Crippen LogP contribution in [0.5, 0.6) is 11.8 Å². The highest BCUT2D eigenvalue weighted by molar-refractivity contribution is 7.79. The van der Waals surface area contributed by atoms with Crippen molar-refractivity contribution in [2.75, 3.05) is 43.9 Å². The van der Waals surface area contributed by atoms with Gasteiger partial charge in [-0.25, -0.2) is 8.78 Å². The zero-order valence-electron chi connectivity index (χ0n) is 32.7. The van der Waals surface area contributed by atoms with E-state index in [-0.39, 0.29) is 46.0 Å². The summed E-state index contributed by atoms with van der Waals surface area (Å²) >= 11 is 3.53. The van der Waals surface area contributed by atoms with E-state index in [1.807, 2.05) is 13.8 Å². The first-order valence-electron chi connectivity index (χ1n) is 19.9. The number of likely N-dealkylation sites (tertiary alicyclic amines) is 1. The fourth-order valence-corrected chi connectivity index (χ4v) is 8.06. The minimum Gasteiger partial charge on any atom is -0.508 e. The van der Waals surface area contributed by atoms with E-state index in [0.717, 1.165) is 71.2 Å². The number of piperazine rings is 1. The minimum atomic E-state index is -0.717. The van der Waals surface area contributed by atoms with Crippen LogP contribution in [0, 0.1) is 24.0 Å². The number of phenols is 1. The third kappa shape index (κ3) is 10.2. The van der Waals surface area contributed by atoms with Crippen molar-refractivity contribution in [3.8, 4) is 35.4 Å². The molecular formula is C43H56F2N6O3S. The maximum absolute atomic E-state index is 16.9. The van der Waals surface area contributed by atoms with E-state index in [4.69, 9.17) is 16.1 Å². The minimum absolute atomic E-state index is 0.0283. The van der Waals surface area contributed by atoms with Crippen molar-refractivity contribution >= 4 is 45.9 Å². The van der Waals surface area contributed by atoms with E-state index >= 15 is 4.39 Å². The van der Waals surface area contributed by atoms with E-state index in [2.05, 4.69) is 43.6 Å². The van der Waals surface area contributed by atoms with Crippen molar-refractivity contribution in [1.82, 2.24) is 25.2 Å². The standard InChI is InChI=1S/C40H46F2N6O3.C2H6.CH4S/c1-3-31-34(41)15-12-26-19-29(50)20-32(35(26)31)37-36(42)38-33(21-43-37)39(48-22-27-13-14-28(23-48)44-27)46-40(45-38)51-30-16-18-47(24-30)17-10-8-6-4-5-7-9-11-25(2)49;2*1-2/h1,12,15,19-21,27-28,30,44,50H,4-11,13-14,16-18,22-24H2,2H3;1-2H3;2H,1H3. The van der Waals surface area contributed by atoms with Gasteiger partial charge >= 0.3 is 6.01 Å². The molecule has 0 spiro atoms. The molecule has 3 aliphatic heterocycles. The Balaban J connectivity index is 0.00000140.